The van der Waals surface area contributed by atoms with Crippen molar-refractivity contribution in [2.24, 2.45) is 11.7 Å². The second-order valence-corrected chi connectivity index (χ2v) is 5.49. The summed E-state index contributed by atoms with van der Waals surface area (Å²) < 4.78 is 5.21. The molecule has 1 aromatic carbocycles. The average molecular weight is 285 g/mol. The Morgan fingerprint density at radius 1 is 1.38 bits per heavy atom. The van der Waals surface area contributed by atoms with Crippen molar-refractivity contribution in [3.05, 3.63) is 53.7 Å². The predicted molar refractivity (Wildman–Crippen MR) is 78.9 cm³/mol. The SMILES string of the molecule is Cc1ncoc1C(=O)N1C[C@@H](CN)[C@H](c2ccccc2)C1. The first kappa shape index (κ1) is 13.8. The van der Waals surface area contributed by atoms with Crippen molar-refractivity contribution in [1.82, 2.24) is 9.88 Å². The number of amides is 1. The molecule has 1 amide bonds. The molecule has 1 aliphatic heterocycles. The lowest BCUT2D eigenvalue weighted by Gasteiger charge is -2.16. The largest absolute Gasteiger partial charge is 0.438 e. The summed E-state index contributed by atoms with van der Waals surface area (Å²) in [6, 6.07) is 10.2. The van der Waals surface area contributed by atoms with Gasteiger partial charge < -0.3 is 15.1 Å². The molecule has 0 radical (unpaired) electrons. The van der Waals surface area contributed by atoms with E-state index in [1.54, 1.807) is 6.92 Å². The van der Waals surface area contributed by atoms with Crippen LogP contribution in [0.15, 0.2) is 41.1 Å². The highest BCUT2D eigenvalue weighted by atomic mass is 16.3. The van der Waals surface area contributed by atoms with Crippen LogP contribution in [0.1, 0.15) is 27.7 Å². The van der Waals surface area contributed by atoms with Crippen LogP contribution in [0, 0.1) is 12.8 Å². The summed E-state index contributed by atoms with van der Waals surface area (Å²) >= 11 is 0. The number of nitrogens with zero attached hydrogens (tertiary/aromatic N) is 2. The van der Waals surface area contributed by atoms with Gasteiger partial charge in [0.25, 0.3) is 5.91 Å². The molecule has 5 nitrogen and oxygen atoms in total. The average Bonchev–Trinajstić information content (AvgIpc) is 3.13. The van der Waals surface area contributed by atoms with Gasteiger partial charge in [-0.15, -0.1) is 0 Å². The molecule has 0 aliphatic carbocycles. The van der Waals surface area contributed by atoms with Crippen LogP contribution in [-0.4, -0.2) is 35.4 Å². The van der Waals surface area contributed by atoms with Gasteiger partial charge in [0, 0.05) is 19.0 Å². The van der Waals surface area contributed by atoms with Gasteiger partial charge in [-0.1, -0.05) is 30.3 Å². The Labute approximate surface area is 123 Å². The highest BCUT2D eigenvalue weighted by Gasteiger charge is 2.36. The second-order valence-electron chi connectivity index (χ2n) is 5.49. The number of likely N-dealkylation sites (tertiary alicyclic amines) is 1. The molecule has 5 heteroatoms. The summed E-state index contributed by atoms with van der Waals surface area (Å²) in [5.41, 5.74) is 7.76. The van der Waals surface area contributed by atoms with E-state index >= 15 is 0 Å². The molecule has 0 saturated carbocycles. The van der Waals surface area contributed by atoms with Crippen molar-refractivity contribution in [3.8, 4) is 0 Å². The van der Waals surface area contributed by atoms with Crippen LogP contribution in [0.25, 0.3) is 0 Å². The molecule has 2 heterocycles. The normalized spacial score (nSPS) is 21.7. The molecular formula is C16H19N3O2. The van der Waals surface area contributed by atoms with Crippen molar-refractivity contribution in [2.75, 3.05) is 19.6 Å². The number of oxazole rings is 1. The molecule has 0 unspecified atom stereocenters. The Kier molecular flexibility index (Phi) is 3.75. The van der Waals surface area contributed by atoms with Gasteiger partial charge in [-0.25, -0.2) is 4.98 Å². The molecule has 2 N–H and O–H groups in total. The van der Waals surface area contributed by atoms with E-state index in [9.17, 15) is 4.79 Å². The fourth-order valence-electron chi connectivity index (χ4n) is 3.00. The van der Waals surface area contributed by atoms with Crippen LogP contribution < -0.4 is 5.73 Å². The maximum Gasteiger partial charge on any atom is 0.291 e. The van der Waals surface area contributed by atoms with E-state index in [1.807, 2.05) is 23.1 Å². The summed E-state index contributed by atoms with van der Waals surface area (Å²) in [4.78, 5) is 18.3. The number of hydrogen-bond donors (Lipinski definition) is 1. The summed E-state index contributed by atoms with van der Waals surface area (Å²) in [5, 5.41) is 0. The highest BCUT2D eigenvalue weighted by molar-refractivity contribution is 5.92. The number of benzene rings is 1. The maximum absolute atomic E-state index is 12.5. The molecule has 0 bridgehead atoms. The minimum Gasteiger partial charge on any atom is -0.438 e. The van der Waals surface area contributed by atoms with Crippen molar-refractivity contribution in [3.63, 3.8) is 0 Å². The number of aromatic nitrogens is 1. The number of nitrogens with two attached hydrogens (primary N) is 1. The van der Waals surface area contributed by atoms with E-state index in [0.29, 0.717) is 31.1 Å². The Balaban J connectivity index is 1.81. The Morgan fingerprint density at radius 2 is 2.14 bits per heavy atom. The minimum atomic E-state index is -0.0955. The topological polar surface area (TPSA) is 72.4 Å². The fraction of sp³-hybridized carbons (Fsp3) is 0.375. The van der Waals surface area contributed by atoms with Gasteiger partial charge in [-0.05, 0) is 24.9 Å². The van der Waals surface area contributed by atoms with E-state index in [-0.39, 0.29) is 17.7 Å². The number of carbonyl (C=O) groups is 1. The second kappa shape index (κ2) is 5.69. The van der Waals surface area contributed by atoms with Crippen LogP contribution in [0.5, 0.6) is 0 Å². The number of rotatable bonds is 3. The lowest BCUT2D eigenvalue weighted by molar-refractivity contribution is 0.0754. The van der Waals surface area contributed by atoms with Crippen LogP contribution in [-0.2, 0) is 0 Å². The quantitative estimate of drug-likeness (QED) is 0.933. The molecule has 1 aliphatic rings. The lowest BCUT2D eigenvalue weighted by Crippen LogP contribution is -2.30. The Bertz CT molecular complexity index is 623. The van der Waals surface area contributed by atoms with Crippen LogP contribution in [0.4, 0.5) is 0 Å². The van der Waals surface area contributed by atoms with Crippen LogP contribution >= 0.6 is 0 Å². The summed E-state index contributed by atoms with van der Waals surface area (Å²) in [6.07, 6.45) is 1.31. The molecule has 3 rings (SSSR count). The van der Waals surface area contributed by atoms with Gasteiger partial charge in [0.15, 0.2) is 6.39 Å². The van der Waals surface area contributed by atoms with Crippen LogP contribution in [0.2, 0.25) is 0 Å². The van der Waals surface area contributed by atoms with Gasteiger partial charge in [-0.2, -0.15) is 0 Å². The van der Waals surface area contributed by atoms with E-state index < -0.39 is 0 Å². The Hall–Kier alpha value is -2.14. The molecule has 2 atom stereocenters. The summed E-state index contributed by atoms with van der Waals surface area (Å²) in [6.45, 7) is 3.68. The zero-order valence-electron chi connectivity index (χ0n) is 12.0. The molecule has 110 valence electrons. The van der Waals surface area contributed by atoms with E-state index in [1.165, 1.54) is 12.0 Å². The predicted octanol–water partition coefficient (Wildman–Crippen LogP) is 1.80. The van der Waals surface area contributed by atoms with E-state index in [0.717, 1.165) is 0 Å². The van der Waals surface area contributed by atoms with Gasteiger partial charge in [0.05, 0.1) is 5.69 Å². The molecule has 1 saturated heterocycles. The standard InChI is InChI=1S/C16H19N3O2/c1-11-15(21-10-18-11)16(20)19-8-13(7-17)14(9-19)12-5-3-2-4-6-12/h2-6,10,13-14H,7-9,17H2,1H3/t13-,14+/m1/s1. The number of hydrogen-bond acceptors (Lipinski definition) is 4. The van der Waals surface area contributed by atoms with E-state index in [4.69, 9.17) is 10.2 Å². The highest BCUT2D eigenvalue weighted by Crippen LogP contribution is 2.32. The molecular weight excluding hydrogens is 266 g/mol. The maximum atomic E-state index is 12.5. The number of carbonyl (C=O) groups excluding carboxylic acids is 1. The third kappa shape index (κ3) is 2.56. The number of aryl methyl sites for hydroxylation is 1. The Morgan fingerprint density at radius 3 is 2.76 bits per heavy atom. The first-order valence-electron chi connectivity index (χ1n) is 7.15. The monoisotopic (exact) mass is 285 g/mol. The summed E-state index contributed by atoms with van der Waals surface area (Å²) in [7, 11) is 0. The third-order valence-corrected chi connectivity index (χ3v) is 4.20. The lowest BCUT2D eigenvalue weighted by atomic mass is 9.89. The minimum absolute atomic E-state index is 0.0955. The van der Waals surface area contributed by atoms with Crippen molar-refractivity contribution in [2.45, 2.75) is 12.8 Å². The first-order chi connectivity index (χ1) is 10.2. The van der Waals surface area contributed by atoms with Crippen LogP contribution in [0.3, 0.4) is 0 Å². The zero-order valence-corrected chi connectivity index (χ0v) is 12.0. The van der Waals surface area contributed by atoms with Gasteiger partial charge in [-0.3, -0.25) is 4.79 Å². The van der Waals surface area contributed by atoms with Gasteiger partial charge in [0.2, 0.25) is 5.76 Å². The molecule has 21 heavy (non-hydrogen) atoms. The zero-order chi connectivity index (χ0) is 14.8. The fourth-order valence-corrected chi connectivity index (χ4v) is 3.00. The molecule has 2 aromatic rings. The molecule has 0 spiro atoms. The van der Waals surface area contributed by atoms with Crippen molar-refractivity contribution < 1.29 is 9.21 Å². The van der Waals surface area contributed by atoms with Gasteiger partial charge >= 0.3 is 0 Å². The smallest absolute Gasteiger partial charge is 0.291 e. The van der Waals surface area contributed by atoms with E-state index in [2.05, 4.69) is 17.1 Å². The van der Waals surface area contributed by atoms with Crippen molar-refractivity contribution >= 4 is 5.91 Å². The van der Waals surface area contributed by atoms with Crippen molar-refractivity contribution in [1.29, 1.82) is 0 Å². The van der Waals surface area contributed by atoms with Gasteiger partial charge in [0.1, 0.15) is 0 Å². The molecule has 1 fully saturated rings. The molecule has 1 aromatic heterocycles. The summed E-state index contributed by atoms with van der Waals surface area (Å²) in [5.74, 6) is 0.796. The first-order valence-corrected chi connectivity index (χ1v) is 7.15. The third-order valence-electron chi connectivity index (χ3n) is 4.20.